The summed E-state index contributed by atoms with van der Waals surface area (Å²) in [7, 11) is 0. The second-order valence-electron chi connectivity index (χ2n) is 4.23. The van der Waals surface area contributed by atoms with Crippen molar-refractivity contribution >= 4 is 17.8 Å². The first-order chi connectivity index (χ1) is 8.49. The fourth-order valence-electron chi connectivity index (χ4n) is 1.81. The van der Waals surface area contributed by atoms with Crippen molar-refractivity contribution in [2.24, 2.45) is 0 Å². The van der Waals surface area contributed by atoms with Gasteiger partial charge < -0.3 is 20.3 Å². The third kappa shape index (κ3) is 5.13. The standard InChI is InChI=1S/C11H17NO6/c13-9(4-3-7-2-1-5-18-7)12-8(11(16)17)6-10(14)15/h7-8H,1-6H2,(H,12,13)(H,14,15)(H,16,17). The molecule has 0 spiro atoms. The molecule has 0 aliphatic carbocycles. The number of carbonyl (C=O) groups excluding carboxylic acids is 1. The average Bonchev–Trinajstić information content (AvgIpc) is 2.77. The summed E-state index contributed by atoms with van der Waals surface area (Å²) in [6, 6.07) is -1.38. The van der Waals surface area contributed by atoms with Crippen LogP contribution in [0.3, 0.4) is 0 Å². The Labute approximate surface area is 104 Å². The highest BCUT2D eigenvalue weighted by atomic mass is 16.5. The van der Waals surface area contributed by atoms with Crippen LogP contribution in [0.15, 0.2) is 0 Å². The van der Waals surface area contributed by atoms with E-state index in [2.05, 4.69) is 5.32 Å². The van der Waals surface area contributed by atoms with Gasteiger partial charge in [-0.1, -0.05) is 0 Å². The first kappa shape index (κ1) is 14.4. The molecule has 0 radical (unpaired) electrons. The van der Waals surface area contributed by atoms with Crippen molar-refractivity contribution in [3.05, 3.63) is 0 Å². The number of carboxylic acid groups (broad SMARTS) is 2. The molecule has 0 saturated carbocycles. The number of aliphatic carboxylic acids is 2. The SMILES string of the molecule is O=C(O)CC(NC(=O)CCC1CCCO1)C(=O)O. The van der Waals surface area contributed by atoms with Gasteiger partial charge in [-0.3, -0.25) is 9.59 Å². The lowest BCUT2D eigenvalue weighted by atomic mass is 10.1. The van der Waals surface area contributed by atoms with Crippen molar-refractivity contribution in [1.29, 1.82) is 0 Å². The quantitative estimate of drug-likeness (QED) is 0.592. The summed E-state index contributed by atoms with van der Waals surface area (Å²) in [5, 5.41) is 19.5. The molecule has 1 heterocycles. The molecule has 1 aliphatic heterocycles. The van der Waals surface area contributed by atoms with Crippen molar-refractivity contribution in [2.45, 2.75) is 44.2 Å². The molecule has 7 nitrogen and oxygen atoms in total. The molecule has 1 fully saturated rings. The molecule has 1 saturated heterocycles. The van der Waals surface area contributed by atoms with Gasteiger partial charge in [-0.2, -0.15) is 0 Å². The second kappa shape index (κ2) is 6.95. The Morgan fingerprint density at radius 2 is 2.06 bits per heavy atom. The van der Waals surface area contributed by atoms with E-state index >= 15 is 0 Å². The van der Waals surface area contributed by atoms with Gasteiger partial charge in [0.2, 0.25) is 5.91 Å². The lowest BCUT2D eigenvalue weighted by Crippen LogP contribution is -2.42. The van der Waals surface area contributed by atoms with Crippen molar-refractivity contribution in [3.63, 3.8) is 0 Å². The van der Waals surface area contributed by atoms with Gasteiger partial charge in [-0.15, -0.1) is 0 Å². The lowest BCUT2D eigenvalue weighted by Gasteiger charge is -2.13. The molecule has 0 aromatic carbocycles. The molecule has 1 rings (SSSR count). The normalized spacial score (nSPS) is 20.3. The molecule has 1 amide bonds. The van der Waals surface area contributed by atoms with Gasteiger partial charge in [0.25, 0.3) is 0 Å². The molecule has 2 atom stereocenters. The summed E-state index contributed by atoms with van der Waals surface area (Å²) in [6.45, 7) is 0.697. The minimum Gasteiger partial charge on any atom is -0.481 e. The number of hydrogen-bond donors (Lipinski definition) is 3. The third-order valence-corrected chi connectivity index (χ3v) is 2.73. The van der Waals surface area contributed by atoms with Crippen molar-refractivity contribution in [3.8, 4) is 0 Å². The minimum atomic E-state index is -1.38. The van der Waals surface area contributed by atoms with E-state index < -0.39 is 30.3 Å². The van der Waals surface area contributed by atoms with E-state index in [9.17, 15) is 14.4 Å². The van der Waals surface area contributed by atoms with Gasteiger partial charge in [0.15, 0.2) is 0 Å². The molecule has 2 unspecified atom stereocenters. The first-order valence-electron chi connectivity index (χ1n) is 5.84. The Morgan fingerprint density at radius 1 is 1.33 bits per heavy atom. The molecule has 3 N–H and O–H groups in total. The number of carboxylic acids is 2. The molecular formula is C11H17NO6. The highest BCUT2D eigenvalue weighted by molar-refractivity contribution is 5.86. The van der Waals surface area contributed by atoms with Gasteiger partial charge in [0.1, 0.15) is 6.04 Å². The van der Waals surface area contributed by atoms with Crippen LogP contribution in [0.5, 0.6) is 0 Å². The maximum atomic E-state index is 11.5. The highest BCUT2D eigenvalue weighted by Gasteiger charge is 2.23. The molecule has 18 heavy (non-hydrogen) atoms. The number of nitrogens with one attached hydrogen (secondary N) is 1. The van der Waals surface area contributed by atoms with Crippen LogP contribution in [0.1, 0.15) is 32.1 Å². The summed E-state index contributed by atoms with van der Waals surface area (Å²) in [6.07, 6.45) is 1.99. The van der Waals surface area contributed by atoms with Gasteiger partial charge in [0.05, 0.1) is 12.5 Å². The van der Waals surface area contributed by atoms with Gasteiger partial charge in [-0.05, 0) is 19.3 Å². The molecule has 0 bridgehead atoms. The molecule has 1 aliphatic rings. The summed E-state index contributed by atoms with van der Waals surface area (Å²) in [5.41, 5.74) is 0. The maximum absolute atomic E-state index is 11.5. The van der Waals surface area contributed by atoms with Gasteiger partial charge >= 0.3 is 11.9 Å². The topological polar surface area (TPSA) is 113 Å². The molecular weight excluding hydrogens is 242 g/mol. The van der Waals surface area contributed by atoms with Gasteiger partial charge in [0, 0.05) is 13.0 Å². The van der Waals surface area contributed by atoms with Crippen LogP contribution in [0.4, 0.5) is 0 Å². The van der Waals surface area contributed by atoms with Crippen LogP contribution in [0.25, 0.3) is 0 Å². The zero-order valence-electron chi connectivity index (χ0n) is 9.92. The van der Waals surface area contributed by atoms with E-state index in [0.29, 0.717) is 13.0 Å². The highest BCUT2D eigenvalue weighted by Crippen LogP contribution is 2.16. The van der Waals surface area contributed by atoms with Crippen molar-refractivity contribution in [2.75, 3.05) is 6.61 Å². The number of ether oxygens (including phenoxy) is 1. The number of hydrogen-bond acceptors (Lipinski definition) is 4. The summed E-state index contributed by atoms with van der Waals surface area (Å²) in [4.78, 5) is 32.6. The monoisotopic (exact) mass is 259 g/mol. The van der Waals surface area contributed by atoms with E-state index in [4.69, 9.17) is 14.9 Å². The van der Waals surface area contributed by atoms with Crippen LogP contribution in [-0.4, -0.2) is 46.8 Å². The van der Waals surface area contributed by atoms with Crippen molar-refractivity contribution in [1.82, 2.24) is 5.32 Å². The Morgan fingerprint density at radius 3 is 2.56 bits per heavy atom. The van der Waals surface area contributed by atoms with Crippen LogP contribution >= 0.6 is 0 Å². The zero-order chi connectivity index (χ0) is 13.5. The van der Waals surface area contributed by atoms with Crippen LogP contribution in [0.2, 0.25) is 0 Å². The Bertz CT molecular complexity index is 323. The zero-order valence-corrected chi connectivity index (χ0v) is 9.92. The average molecular weight is 259 g/mol. The Balaban J connectivity index is 2.31. The van der Waals surface area contributed by atoms with Crippen LogP contribution < -0.4 is 5.32 Å². The third-order valence-electron chi connectivity index (χ3n) is 2.73. The smallest absolute Gasteiger partial charge is 0.326 e. The predicted molar refractivity (Wildman–Crippen MR) is 60.0 cm³/mol. The van der Waals surface area contributed by atoms with E-state index in [1.807, 2.05) is 0 Å². The Hall–Kier alpha value is -1.63. The number of amides is 1. The van der Waals surface area contributed by atoms with Crippen LogP contribution in [-0.2, 0) is 19.1 Å². The predicted octanol–water partition coefficient (Wildman–Crippen LogP) is -0.0103. The number of rotatable bonds is 7. The molecule has 0 aromatic heterocycles. The fourth-order valence-corrected chi connectivity index (χ4v) is 1.81. The summed E-state index contributed by atoms with van der Waals surface area (Å²) >= 11 is 0. The van der Waals surface area contributed by atoms with Crippen LogP contribution in [0, 0.1) is 0 Å². The molecule has 102 valence electrons. The van der Waals surface area contributed by atoms with E-state index in [-0.39, 0.29) is 12.5 Å². The molecule has 7 heteroatoms. The van der Waals surface area contributed by atoms with E-state index in [1.54, 1.807) is 0 Å². The maximum Gasteiger partial charge on any atom is 0.326 e. The minimum absolute atomic E-state index is 0.0542. The first-order valence-corrected chi connectivity index (χ1v) is 5.84. The molecule has 0 aromatic rings. The van der Waals surface area contributed by atoms with E-state index in [1.165, 1.54) is 0 Å². The number of carbonyl (C=O) groups is 3. The lowest BCUT2D eigenvalue weighted by molar-refractivity contribution is -0.147. The second-order valence-corrected chi connectivity index (χ2v) is 4.23. The summed E-state index contributed by atoms with van der Waals surface area (Å²) < 4.78 is 5.33. The van der Waals surface area contributed by atoms with E-state index in [0.717, 1.165) is 12.8 Å². The largest absolute Gasteiger partial charge is 0.481 e. The van der Waals surface area contributed by atoms with Gasteiger partial charge in [-0.25, -0.2) is 4.79 Å². The summed E-state index contributed by atoms with van der Waals surface area (Å²) in [5.74, 6) is -3.07. The van der Waals surface area contributed by atoms with Crippen molar-refractivity contribution < 1.29 is 29.3 Å². The Kier molecular flexibility index (Phi) is 5.57. The fraction of sp³-hybridized carbons (Fsp3) is 0.727.